The molecular formula is C14H23NO4S. The Morgan fingerprint density at radius 2 is 2.10 bits per heavy atom. The van der Waals surface area contributed by atoms with Gasteiger partial charge in [0.25, 0.3) is 0 Å². The van der Waals surface area contributed by atoms with Crippen molar-refractivity contribution in [2.45, 2.75) is 50.7 Å². The Morgan fingerprint density at radius 1 is 1.40 bits per heavy atom. The first-order valence-electron chi connectivity index (χ1n) is 6.74. The van der Waals surface area contributed by atoms with Gasteiger partial charge in [-0.25, -0.2) is 13.1 Å². The first-order chi connectivity index (χ1) is 9.44. The van der Waals surface area contributed by atoms with Crippen molar-refractivity contribution in [3.63, 3.8) is 0 Å². The van der Waals surface area contributed by atoms with E-state index in [4.69, 9.17) is 9.84 Å². The lowest BCUT2D eigenvalue weighted by molar-refractivity contribution is 0.281. The second kappa shape index (κ2) is 7.61. The van der Waals surface area contributed by atoms with Crippen LogP contribution >= 0.6 is 0 Å². The molecule has 0 heterocycles. The van der Waals surface area contributed by atoms with Gasteiger partial charge in [-0.15, -0.1) is 0 Å². The van der Waals surface area contributed by atoms with Crippen molar-refractivity contribution >= 4 is 10.0 Å². The van der Waals surface area contributed by atoms with Crippen LogP contribution in [0.3, 0.4) is 0 Å². The van der Waals surface area contributed by atoms with Crippen molar-refractivity contribution in [1.82, 2.24) is 4.72 Å². The van der Waals surface area contributed by atoms with Crippen LogP contribution in [0.2, 0.25) is 0 Å². The van der Waals surface area contributed by atoms with Gasteiger partial charge in [-0.1, -0.05) is 25.8 Å². The van der Waals surface area contributed by atoms with Crippen LogP contribution < -0.4 is 9.46 Å². The normalized spacial score (nSPS) is 13.2. The number of aliphatic hydroxyl groups is 1. The largest absolute Gasteiger partial charge is 0.495 e. The highest BCUT2D eigenvalue weighted by Gasteiger charge is 2.22. The molecule has 1 unspecified atom stereocenters. The van der Waals surface area contributed by atoms with Crippen LogP contribution in [-0.4, -0.2) is 26.7 Å². The van der Waals surface area contributed by atoms with E-state index >= 15 is 0 Å². The van der Waals surface area contributed by atoms with Crippen LogP contribution in [0, 0.1) is 0 Å². The molecule has 0 amide bonds. The third kappa shape index (κ3) is 4.47. The molecule has 0 aliphatic heterocycles. The van der Waals surface area contributed by atoms with E-state index in [0.717, 1.165) is 19.3 Å². The molecule has 2 N–H and O–H groups in total. The van der Waals surface area contributed by atoms with E-state index in [-0.39, 0.29) is 23.3 Å². The Kier molecular flexibility index (Phi) is 6.45. The molecule has 0 saturated carbocycles. The number of hydrogen-bond acceptors (Lipinski definition) is 4. The fraction of sp³-hybridized carbons (Fsp3) is 0.571. The maximum Gasteiger partial charge on any atom is 0.244 e. The summed E-state index contributed by atoms with van der Waals surface area (Å²) in [6.45, 7) is 3.70. The maximum absolute atomic E-state index is 12.4. The number of sulfonamides is 1. The number of nitrogens with one attached hydrogen (secondary N) is 1. The lowest BCUT2D eigenvalue weighted by Crippen LogP contribution is -2.32. The molecule has 5 nitrogen and oxygen atoms in total. The van der Waals surface area contributed by atoms with E-state index in [9.17, 15) is 8.42 Å². The summed E-state index contributed by atoms with van der Waals surface area (Å²) in [7, 11) is -2.23. The molecule has 114 valence electrons. The zero-order valence-corrected chi connectivity index (χ0v) is 13.0. The highest BCUT2D eigenvalue weighted by Crippen LogP contribution is 2.25. The summed E-state index contributed by atoms with van der Waals surface area (Å²) in [6.07, 6.45) is 2.78. The minimum atomic E-state index is -3.65. The van der Waals surface area contributed by atoms with Crippen molar-refractivity contribution in [2.24, 2.45) is 0 Å². The van der Waals surface area contributed by atoms with Crippen LogP contribution in [0.4, 0.5) is 0 Å². The van der Waals surface area contributed by atoms with E-state index in [1.807, 2.05) is 6.92 Å². The number of hydrogen-bond donors (Lipinski definition) is 2. The molecule has 1 rings (SSSR count). The molecule has 0 aliphatic rings. The van der Waals surface area contributed by atoms with Crippen LogP contribution in [0.15, 0.2) is 23.1 Å². The van der Waals surface area contributed by atoms with Crippen LogP contribution in [0.5, 0.6) is 5.75 Å². The zero-order valence-electron chi connectivity index (χ0n) is 12.2. The molecule has 0 radical (unpaired) electrons. The van der Waals surface area contributed by atoms with Gasteiger partial charge in [-0.05, 0) is 31.0 Å². The number of unbranched alkanes of at least 4 members (excludes halogenated alkanes) is 1. The fourth-order valence-corrected chi connectivity index (χ4v) is 3.42. The van der Waals surface area contributed by atoms with Gasteiger partial charge < -0.3 is 9.84 Å². The Labute approximate surface area is 121 Å². The van der Waals surface area contributed by atoms with Gasteiger partial charge in [0.1, 0.15) is 10.6 Å². The van der Waals surface area contributed by atoms with E-state index in [2.05, 4.69) is 11.6 Å². The van der Waals surface area contributed by atoms with Gasteiger partial charge in [-0.2, -0.15) is 0 Å². The monoisotopic (exact) mass is 301 g/mol. The Hall–Kier alpha value is -1.11. The van der Waals surface area contributed by atoms with Crippen molar-refractivity contribution in [2.75, 3.05) is 7.11 Å². The highest BCUT2D eigenvalue weighted by atomic mass is 32.2. The average Bonchev–Trinajstić information content (AvgIpc) is 2.43. The van der Waals surface area contributed by atoms with E-state index in [0.29, 0.717) is 5.56 Å². The van der Waals surface area contributed by atoms with Gasteiger partial charge in [-0.3, -0.25) is 0 Å². The fourth-order valence-electron chi connectivity index (χ4n) is 1.93. The predicted octanol–water partition coefficient (Wildman–Crippen LogP) is 2.04. The van der Waals surface area contributed by atoms with Crippen LogP contribution in [-0.2, 0) is 16.6 Å². The molecule has 1 aromatic carbocycles. The van der Waals surface area contributed by atoms with E-state index < -0.39 is 10.0 Å². The topological polar surface area (TPSA) is 75.6 Å². The van der Waals surface area contributed by atoms with E-state index in [1.165, 1.54) is 13.2 Å². The number of aliphatic hydroxyl groups excluding tert-OH is 1. The second-order valence-corrected chi connectivity index (χ2v) is 6.49. The maximum atomic E-state index is 12.4. The third-order valence-corrected chi connectivity index (χ3v) is 4.66. The first kappa shape index (κ1) is 16.9. The summed E-state index contributed by atoms with van der Waals surface area (Å²) in [4.78, 5) is 0.0647. The molecule has 6 heteroatoms. The summed E-state index contributed by atoms with van der Waals surface area (Å²) in [6, 6.07) is 4.49. The van der Waals surface area contributed by atoms with E-state index in [1.54, 1.807) is 12.1 Å². The molecule has 0 fully saturated rings. The van der Waals surface area contributed by atoms with Crippen molar-refractivity contribution < 1.29 is 18.3 Å². The minimum absolute atomic E-state index is 0.0647. The molecule has 1 atom stereocenters. The Morgan fingerprint density at radius 3 is 2.65 bits per heavy atom. The number of rotatable bonds is 8. The van der Waals surface area contributed by atoms with Gasteiger partial charge in [0.2, 0.25) is 10.0 Å². The molecule has 0 aromatic heterocycles. The van der Waals surface area contributed by atoms with Gasteiger partial charge >= 0.3 is 0 Å². The van der Waals surface area contributed by atoms with Crippen molar-refractivity contribution in [3.8, 4) is 5.75 Å². The lowest BCUT2D eigenvalue weighted by atomic mass is 10.2. The smallest absolute Gasteiger partial charge is 0.244 e. The second-order valence-electron chi connectivity index (χ2n) is 4.81. The zero-order chi connectivity index (χ0) is 15.2. The summed E-state index contributed by atoms with van der Waals surface area (Å²) < 4.78 is 32.5. The van der Waals surface area contributed by atoms with Crippen LogP contribution in [0.1, 0.15) is 38.7 Å². The summed E-state index contributed by atoms with van der Waals surface area (Å²) in [5.41, 5.74) is 0.535. The minimum Gasteiger partial charge on any atom is -0.495 e. The molecule has 0 aliphatic carbocycles. The summed E-state index contributed by atoms with van der Waals surface area (Å²) in [5, 5.41) is 9.13. The first-order valence-corrected chi connectivity index (χ1v) is 8.23. The number of benzene rings is 1. The Balaban J connectivity index is 3.01. The van der Waals surface area contributed by atoms with Crippen LogP contribution in [0.25, 0.3) is 0 Å². The highest BCUT2D eigenvalue weighted by molar-refractivity contribution is 7.89. The lowest BCUT2D eigenvalue weighted by Gasteiger charge is -2.16. The molecule has 0 bridgehead atoms. The molecule has 0 spiro atoms. The molecular weight excluding hydrogens is 278 g/mol. The summed E-state index contributed by atoms with van der Waals surface area (Å²) in [5.74, 6) is 0.275. The standard InChI is InChI=1S/C14H23NO4S/c1-4-5-6-11(2)15-20(17,18)14-9-12(10-16)7-8-13(14)19-3/h7-9,11,15-16H,4-6,10H2,1-3H3. The van der Waals surface area contributed by atoms with Gasteiger partial charge in [0.05, 0.1) is 13.7 Å². The third-order valence-electron chi connectivity index (χ3n) is 3.05. The van der Waals surface area contributed by atoms with Crippen molar-refractivity contribution in [1.29, 1.82) is 0 Å². The van der Waals surface area contributed by atoms with Gasteiger partial charge in [0.15, 0.2) is 0 Å². The van der Waals surface area contributed by atoms with Crippen molar-refractivity contribution in [3.05, 3.63) is 23.8 Å². The Bertz CT molecular complexity index is 528. The predicted molar refractivity (Wildman–Crippen MR) is 78.2 cm³/mol. The average molecular weight is 301 g/mol. The van der Waals surface area contributed by atoms with Gasteiger partial charge in [0, 0.05) is 6.04 Å². The molecule has 20 heavy (non-hydrogen) atoms. The molecule has 0 saturated heterocycles. The number of methoxy groups -OCH3 is 1. The molecule has 1 aromatic rings. The summed E-state index contributed by atoms with van der Waals surface area (Å²) >= 11 is 0. The number of ether oxygens (including phenoxy) is 1. The quantitative estimate of drug-likeness (QED) is 0.770. The SMILES string of the molecule is CCCCC(C)NS(=O)(=O)c1cc(CO)ccc1OC.